The van der Waals surface area contributed by atoms with E-state index in [-0.39, 0.29) is 11.2 Å². The van der Waals surface area contributed by atoms with Gasteiger partial charge in [0, 0.05) is 5.46 Å². The third-order valence-electron chi connectivity index (χ3n) is 4.54. The first-order chi connectivity index (χ1) is 9.84. The van der Waals surface area contributed by atoms with Gasteiger partial charge in [-0.3, -0.25) is 0 Å². The number of hydrogen-bond donors (Lipinski definition) is 0. The van der Waals surface area contributed by atoms with E-state index in [0.29, 0.717) is 11.9 Å². The highest BCUT2D eigenvalue weighted by molar-refractivity contribution is 6.63. The van der Waals surface area contributed by atoms with E-state index >= 15 is 0 Å². The number of benzene rings is 1. The highest BCUT2D eigenvalue weighted by Crippen LogP contribution is 2.39. The first kappa shape index (κ1) is 14.7. The van der Waals surface area contributed by atoms with Gasteiger partial charge in [-0.1, -0.05) is 12.1 Å². The van der Waals surface area contributed by atoms with Crippen LogP contribution < -0.4 is 14.9 Å². The Morgan fingerprint density at radius 3 is 2.24 bits per heavy atom. The Morgan fingerprint density at radius 2 is 1.71 bits per heavy atom. The molecule has 114 valence electrons. The Labute approximate surface area is 126 Å². The molecule has 1 saturated carbocycles. The van der Waals surface area contributed by atoms with Crippen molar-refractivity contribution in [2.45, 2.75) is 57.8 Å². The van der Waals surface area contributed by atoms with Crippen molar-refractivity contribution in [1.82, 2.24) is 0 Å². The molecule has 21 heavy (non-hydrogen) atoms. The minimum absolute atomic E-state index is 0.326. The monoisotopic (exact) mass is 290 g/mol. The largest absolute Gasteiger partial charge is 0.498 e. The molecule has 1 saturated heterocycles. The third kappa shape index (κ3) is 2.65. The molecule has 4 nitrogen and oxygen atoms in total. The van der Waals surface area contributed by atoms with Gasteiger partial charge in [0.1, 0.15) is 0 Å². The van der Waals surface area contributed by atoms with Gasteiger partial charge in [-0.25, -0.2) is 0 Å². The van der Waals surface area contributed by atoms with Crippen LogP contribution in [-0.2, 0) is 9.31 Å². The highest BCUT2D eigenvalue weighted by atomic mass is 16.7. The van der Waals surface area contributed by atoms with Crippen molar-refractivity contribution in [2.75, 3.05) is 7.11 Å². The number of hydrogen-bond acceptors (Lipinski definition) is 4. The Kier molecular flexibility index (Phi) is 3.45. The molecule has 0 spiro atoms. The molecule has 0 atom stereocenters. The van der Waals surface area contributed by atoms with Crippen LogP contribution in [0.1, 0.15) is 40.5 Å². The molecule has 0 unspecified atom stereocenters. The lowest BCUT2D eigenvalue weighted by Crippen LogP contribution is -2.41. The fourth-order valence-corrected chi connectivity index (χ4v) is 2.37. The minimum Gasteiger partial charge on any atom is -0.493 e. The second-order valence-electron chi connectivity index (χ2n) is 6.78. The Hall–Kier alpha value is -1.20. The van der Waals surface area contributed by atoms with E-state index in [0.717, 1.165) is 24.1 Å². The van der Waals surface area contributed by atoms with E-state index in [2.05, 4.69) is 0 Å². The average Bonchev–Trinajstić information content (AvgIpc) is 3.17. The average molecular weight is 290 g/mol. The SMILES string of the molecule is COc1c(OC2CC2)cccc1B1OC(C)(C)C(C)(C)O1. The van der Waals surface area contributed by atoms with Crippen molar-refractivity contribution in [3.05, 3.63) is 18.2 Å². The quantitative estimate of drug-likeness (QED) is 0.799. The van der Waals surface area contributed by atoms with E-state index < -0.39 is 7.12 Å². The predicted molar refractivity (Wildman–Crippen MR) is 82.4 cm³/mol. The van der Waals surface area contributed by atoms with Gasteiger partial charge in [-0.2, -0.15) is 0 Å². The smallest absolute Gasteiger partial charge is 0.493 e. The summed E-state index contributed by atoms with van der Waals surface area (Å²) in [6.45, 7) is 8.18. The third-order valence-corrected chi connectivity index (χ3v) is 4.54. The van der Waals surface area contributed by atoms with Gasteiger partial charge in [0.05, 0.1) is 24.4 Å². The second kappa shape index (κ2) is 4.92. The maximum Gasteiger partial charge on any atom is 0.498 e. The second-order valence-corrected chi connectivity index (χ2v) is 6.78. The van der Waals surface area contributed by atoms with Crippen LogP contribution in [0.4, 0.5) is 0 Å². The van der Waals surface area contributed by atoms with Crippen LogP contribution in [0.5, 0.6) is 11.5 Å². The summed E-state index contributed by atoms with van der Waals surface area (Å²) in [5, 5.41) is 0. The number of ether oxygens (including phenoxy) is 2. The van der Waals surface area contributed by atoms with Gasteiger partial charge < -0.3 is 18.8 Å². The molecule has 1 aliphatic carbocycles. The lowest BCUT2D eigenvalue weighted by Gasteiger charge is -2.32. The Bertz CT molecular complexity index is 521. The van der Waals surface area contributed by atoms with E-state index in [1.165, 1.54) is 0 Å². The Morgan fingerprint density at radius 1 is 1.10 bits per heavy atom. The van der Waals surface area contributed by atoms with Crippen LogP contribution in [0.3, 0.4) is 0 Å². The molecule has 1 aromatic rings. The molecule has 1 heterocycles. The molecule has 0 N–H and O–H groups in total. The fraction of sp³-hybridized carbons (Fsp3) is 0.625. The van der Waals surface area contributed by atoms with E-state index in [1.54, 1.807) is 7.11 Å². The summed E-state index contributed by atoms with van der Waals surface area (Å²) in [6.07, 6.45) is 2.56. The van der Waals surface area contributed by atoms with Crippen molar-refractivity contribution >= 4 is 12.6 Å². The van der Waals surface area contributed by atoms with Crippen LogP contribution in [0.15, 0.2) is 18.2 Å². The molecule has 1 aromatic carbocycles. The molecule has 0 aromatic heterocycles. The molecule has 0 radical (unpaired) electrons. The maximum absolute atomic E-state index is 6.11. The molecule has 2 aliphatic rings. The van der Waals surface area contributed by atoms with Crippen molar-refractivity contribution in [3.8, 4) is 11.5 Å². The molecule has 0 amide bonds. The van der Waals surface area contributed by atoms with Gasteiger partial charge in [0.15, 0.2) is 11.5 Å². The summed E-state index contributed by atoms with van der Waals surface area (Å²) < 4.78 is 23.7. The van der Waals surface area contributed by atoms with Crippen LogP contribution >= 0.6 is 0 Å². The summed E-state index contributed by atoms with van der Waals surface area (Å²) in [5.41, 5.74) is 0.154. The lowest BCUT2D eigenvalue weighted by molar-refractivity contribution is 0.00578. The fourth-order valence-electron chi connectivity index (χ4n) is 2.37. The summed E-state index contributed by atoms with van der Waals surface area (Å²) in [5.74, 6) is 1.48. The van der Waals surface area contributed by atoms with Crippen molar-refractivity contribution in [1.29, 1.82) is 0 Å². The number of rotatable bonds is 4. The first-order valence-electron chi connectivity index (χ1n) is 7.53. The molecular formula is C16H23BO4. The standard InChI is InChI=1S/C16H23BO4/c1-15(2)16(3,4)21-17(20-15)12-7-6-8-13(14(12)18-5)19-11-9-10-11/h6-8,11H,9-10H2,1-5H3. The van der Waals surface area contributed by atoms with Crippen LogP contribution in [0.25, 0.3) is 0 Å². The lowest BCUT2D eigenvalue weighted by atomic mass is 9.78. The molecule has 0 bridgehead atoms. The summed E-state index contributed by atoms with van der Waals surface area (Å²) in [7, 11) is 1.22. The number of para-hydroxylation sites is 1. The molecule has 2 fully saturated rings. The van der Waals surface area contributed by atoms with Crippen LogP contribution in [-0.4, -0.2) is 31.5 Å². The van der Waals surface area contributed by atoms with E-state index in [4.69, 9.17) is 18.8 Å². The zero-order valence-corrected chi connectivity index (χ0v) is 13.4. The maximum atomic E-state index is 6.11. The van der Waals surface area contributed by atoms with Gasteiger partial charge in [0.25, 0.3) is 0 Å². The zero-order valence-electron chi connectivity index (χ0n) is 13.4. The van der Waals surface area contributed by atoms with Crippen LogP contribution in [0.2, 0.25) is 0 Å². The normalized spacial score (nSPS) is 23.2. The predicted octanol–water partition coefficient (Wildman–Crippen LogP) is 2.54. The molecular weight excluding hydrogens is 267 g/mol. The van der Waals surface area contributed by atoms with E-state index in [9.17, 15) is 0 Å². The summed E-state index contributed by atoms with van der Waals surface area (Å²) >= 11 is 0. The Balaban J connectivity index is 1.91. The molecule has 5 heteroatoms. The minimum atomic E-state index is -0.437. The van der Waals surface area contributed by atoms with Gasteiger partial charge in [-0.15, -0.1) is 0 Å². The summed E-state index contributed by atoms with van der Waals surface area (Å²) in [4.78, 5) is 0. The van der Waals surface area contributed by atoms with Gasteiger partial charge >= 0.3 is 7.12 Å². The zero-order chi connectivity index (χ0) is 15.3. The van der Waals surface area contributed by atoms with Gasteiger partial charge in [0.2, 0.25) is 0 Å². The summed E-state index contributed by atoms with van der Waals surface area (Å²) in [6, 6.07) is 5.87. The molecule has 3 rings (SSSR count). The van der Waals surface area contributed by atoms with Crippen molar-refractivity contribution in [3.63, 3.8) is 0 Å². The van der Waals surface area contributed by atoms with Crippen LogP contribution in [0, 0.1) is 0 Å². The van der Waals surface area contributed by atoms with E-state index in [1.807, 2.05) is 45.9 Å². The first-order valence-corrected chi connectivity index (χ1v) is 7.53. The van der Waals surface area contributed by atoms with Gasteiger partial charge in [-0.05, 0) is 46.6 Å². The highest BCUT2D eigenvalue weighted by Gasteiger charge is 2.52. The topological polar surface area (TPSA) is 36.9 Å². The molecule has 1 aliphatic heterocycles. The number of methoxy groups -OCH3 is 1. The van der Waals surface area contributed by atoms with Crippen molar-refractivity contribution in [2.24, 2.45) is 0 Å². The van der Waals surface area contributed by atoms with Crippen molar-refractivity contribution < 1.29 is 18.8 Å².